The summed E-state index contributed by atoms with van der Waals surface area (Å²) in [6.07, 6.45) is 5.32. The fourth-order valence-electron chi connectivity index (χ4n) is 2.80. The number of amides is 1. The van der Waals surface area contributed by atoms with Gasteiger partial charge >= 0.3 is 5.97 Å². The second kappa shape index (κ2) is 9.23. The van der Waals surface area contributed by atoms with Crippen molar-refractivity contribution < 1.29 is 22.7 Å². The summed E-state index contributed by atoms with van der Waals surface area (Å²) < 4.78 is 28.1. The van der Waals surface area contributed by atoms with Gasteiger partial charge in [0, 0.05) is 23.6 Å². The largest absolute Gasteiger partial charge is 0.452 e. The van der Waals surface area contributed by atoms with E-state index in [0.29, 0.717) is 13.0 Å². The molecule has 1 heterocycles. The summed E-state index contributed by atoms with van der Waals surface area (Å²) in [5, 5.41) is 0. The number of carbonyl (C=O) groups excluding carboxylic acids is 2. The Balaban J connectivity index is 1.85. The highest BCUT2D eigenvalue weighted by atomic mass is 32.2. The molecule has 1 aromatic rings. The lowest BCUT2D eigenvalue weighted by Gasteiger charge is -2.26. The number of carbonyl (C=O) groups is 2. The van der Waals surface area contributed by atoms with Crippen molar-refractivity contribution in [2.45, 2.75) is 24.3 Å². The highest BCUT2D eigenvalue weighted by Gasteiger charge is 2.34. The molecular formula is C18H23NO5S2. The summed E-state index contributed by atoms with van der Waals surface area (Å²) in [7, 11) is -3.07. The first kappa shape index (κ1) is 20.5. The molecule has 1 amide bonds. The lowest BCUT2D eigenvalue weighted by molar-refractivity contribution is -0.149. The molecule has 1 aromatic carbocycles. The zero-order chi connectivity index (χ0) is 19.2. The van der Waals surface area contributed by atoms with Crippen molar-refractivity contribution in [2.24, 2.45) is 0 Å². The molecule has 0 radical (unpaired) electrons. The summed E-state index contributed by atoms with van der Waals surface area (Å²) in [5.41, 5.74) is 0.859. The number of hydrogen-bond donors (Lipinski definition) is 0. The molecular weight excluding hydrogens is 374 g/mol. The number of esters is 1. The minimum atomic E-state index is -3.07. The van der Waals surface area contributed by atoms with Crippen LogP contribution >= 0.6 is 11.8 Å². The Morgan fingerprint density at radius 3 is 2.54 bits per heavy atom. The SMILES string of the molecule is CCN(C(=O)COC(=O)C=Cc1ccc(SC)cc1)C1CCS(=O)(=O)C1. The fourth-order valence-corrected chi connectivity index (χ4v) is 4.94. The van der Waals surface area contributed by atoms with Gasteiger partial charge in [0.15, 0.2) is 16.4 Å². The van der Waals surface area contributed by atoms with Crippen LogP contribution in [0.15, 0.2) is 35.2 Å². The Bertz CT molecular complexity index is 771. The van der Waals surface area contributed by atoms with Gasteiger partial charge in [-0.15, -0.1) is 11.8 Å². The average Bonchev–Trinajstić information content (AvgIpc) is 2.98. The molecule has 0 aliphatic carbocycles. The summed E-state index contributed by atoms with van der Waals surface area (Å²) in [6, 6.07) is 7.35. The van der Waals surface area contributed by atoms with Crippen LogP contribution in [0.25, 0.3) is 6.08 Å². The monoisotopic (exact) mass is 397 g/mol. The van der Waals surface area contributed by atoms with Crippen molar-refractivity contribution in [3.63, 3.8) is 0 Å². The maximum atomic E-state index is 12.2. The van der Waals surface area contributed by atoms with Crippen molar-refractivity contribution in [3.8, 4) is 0 Å². The van der Waals surface area contributed by atoms with Crippen LogP contribution < -0.4 is 0 Å². The maximum Gasteiger partial charge on any atom is 0.331 e. The Labute approximate surface area is 158 Å². The molecule has 1 aliphatic heterocycles. The van der Waals surface area contributed by atoms with Crippen LogP contribution in [0.5, 0.6) is 0 Å². The summed E-state index contributed by atoms with van der Waals surface area (Å²) >= 11 is 1.63. The van der Waals surface area contributed by atoms with Gasteiger partial charge in [0.05, 0.1) is 11.5 Å². The minimum absolute atomic E-state index is 0.0214. The van der Waals surface area contributed by atoms with Gasteiger partial charge in [-0.2, -0.15) is 0 Å². The summed E-state index contributed by atoms with van der Waals surface area (Å²) in [6.45, 7) is 1.77. The van der Waals surface area contributed by atoms with Gasteiger partial charge < -0.3 is 9.64 Å². The van der Waals surface area contributed by atoms with Crippen LogP contribution in [0.2, 0.25) is 0 Å². The van der Waals surface area contributed by atoms with E-state index in [1.54, 1.807) is 24.8 Å². The van der Waals surface area contributed by atoms with Crippen molar-refractivity contribution in [1.82, 2.24) is 4.90 Å². The number of thioether (sulfide) groups is 1. The number of benzene rings is 1. The molecule has 0 aromatic heterocycles. The van der Waals surface area contributed by atoms with Crippen molar-refractivity contribution >= 4 is 39.6 Å². The molecule has 8 heteroatoms. The van der Waals surface area contributed by atoms with Gasteiger partial charge in [-0.25, -0.2) is 13.2 Å². The van der Waals surface area contributed by atoms with Crippen LogP contribution in [0.3, 0.4) is 0 Å². The van der Waals surface area contributed by atoms with E-state index in [-0.39, 0.29) is 30.1 Å². The second-order valence-corrected chi connectivity index (χ2v) is 9.06. The Kier molecular flexibility index (Phi) is 7.28. The van der Waals surface area contributed by atoms with E-state index < -0.39 is 15.8 Å². The topological polar surface area (TPSA) is 80.8 Å². The van der Waals surface area contributed by atoms with E-state index in [1.807, 2.05) is 30.5 Å². The Morgan fingerprint density at radius 2 is 2.00 bits per heavy atom. The van der Waals surface area contributed by atoms with E-state index in [1.165, 1.54) is 11.0 Å². The van der Waals surface area contributed by atoms with Crippen molar-refractivity contribution in [3.05, 3.63) is 35.9 Å². The quantitative estimate of drug-likeness (QED) is 0.398. The van der Waals surface area contributed by atoms with Gasteiger partial charge in [0.1, 0.15) is 0 Å². The third-order valence-electron chi connectivity index (χ3n) is 4.18. The van der Waals surface area contributed by atoms with E-state index >= 15 is 0 Å². The molecule has 1 atom stereocenters. The molecule has 1 saturated heterocycles. The lowest BCUT2D eigenvalue weighted by Crippen LogP contribution is -2.43. The first-order valence-corrected chi connectivity index (χ1v) is 11.4. The first-order chi connectivity index (χ1) is 12.3. The number of ether oxygens (including phenoxy) is 1. The van der Waals surface area contributed by atoms with E-state index in [4.69, 9.17) is 4.74 Å². The van der Waals surface area contributed by atoms with E-state index in [2.05, 4.69) is 0 Å². The molecule has 0 bridgehead atoms. The average molecular weight is 398 g/mol. The molecule has 0 N–H and O–H groups in total. The highest BCUT2D eigenvalue weighted by Crippen LogP contribution is 2.18. The predicted molar refractivity (Wildman–Crippen MR) is 103 cm³/mol. The van der Waals surface area contributed by atoms with Crippen LogP contribution in [0, 0.1) is 0 Å². The normalized spacial score (nSPS) is 18.8. The molecule has 0 spiro atoms. The number of nitrogens with zero attached hydrogens (tertiary/aromatic N) is 1. The molecule has 1 fully saturated rings. The number of hydrogen-bond acceptors (Lipinski definition) is 6. The molecule has 6 nitrogen and oxygen atoms in total. The molecule has 26 heavy (non-hydrogen) atoms. The minimum Gasteiger partial charge on any atom is -0.452 e. The van der Waals surface area contributed by atoms with Crippen molar-refractivity contribution in [1.29, 1.82) is 0 Å². The highest BCUT2D eigenvalue weighted by molar-refractivity contribution is 7.98. The van der Waals surface area contributed by atoms with Crippen LogP contribution in [0.1, 0.15) is 18.9 Å². The summed E-state index contributed by atoms with van der Waals surface area (Å²) in [5.74, 6) is -0.908. The lowest BCUT2D eigenvalue weighted by atomic mass is 10.2. The van der Waals surface area contributed by atoms with Gasteiger partial charge in [0.2, 0.25) is 0 Å². The van der Waals surface area contributed by atoms with Gasteiger partial charge in [0.25, 0.3) is 5.91 Å². The fraction of sp³-hybridized carbons (Fsp3) is 0.444. The number of sulfone groups is 1. The van der Waals surface area contributed by atoms with Gasteiger partial charge in [-0.3, -0.25) is 4.79 Å². The Morgan fingerprint density at radius 1 is 1.31 bits per heavy atom. The molecule has 1 aliphatic rings. The van der Waals surface area contributed by atoms with Gasteiger partial charge in [-0.1, -0.05) is 12.1 Å². The number of rotatable bonds is 7. The third-order valence-corrected chi connectivity index (χ3v) is 6.67. The third kappa shape index (κ3) is 5.88. The van der Waals surface area contributed by atoms with Crippen LogP contribution in [-0.4, -0.2) is 62.1 Å². The maximum absolute atomic E-state index is 12.2. The number of likely N-dealkylation sites (N-methyl/N-ethyl adjacent to an activating group) is 1. The molecule has 0 saturated carbocycles. The molecule has 2 rings (SSSR count). The van der Waals surface area contributed by atoms with Crippen LogP contribution in [-0.2, 0) is 24.2 Å². The smallest absolute Gasteiger partial charge is 0.331 e. The summed E-state index contributed by atoms with van der Waals surface area (Å²) in [4.78, 5) is 26.7. The second-order valence-electron chi connectivity index (χ2n) is 5.95. The van der Waals surface area contributed by atoms with Crippen LogP contribution in [0.4, 0.5) is 0 Å². The van der Waals surface area contributed by atoms with Gasteiger partial charge in [-0.05, 0) is 43.4 Å². The van der Waals surface area contributed by atoms with E-state index in [9.17, 15) is 18.0 Å². The first-order valence-electron chi connectivity index (χ1n) is 8.33. The van der Waals surface area contributed by atoms with E-state index in [0.717, 1.165) is 10.5 Å². The predicted octanol–water partition coefficient (Wildman–Crippen LogP) is 2.00. The molecule has 1 unspecified atom stereocenters. The standard InChI is InChI=1S/C18H23NO5S2/c1-3-19(15-10-11-26(22,23)13-15)17(20)12-24-18(21)9-6-14-4-7-16(25-2)8-5-14/h4-9,15H,3,10-13H2,1-2H3. The zero-order valence-corrected chi connectivity index (χ0v) is 16.5. The molecule has 142 valence electrons. The van der Waals surface area contributed by atoms with Crippen molar-refractivity contribution in [2.75, 3.05) is 30.9 Å². The Hall–Kier alpha value is -1.80. The zero-order valence-electron chi connectivity index (χ0n) is 14.9.